The summed E-state index contributed by atoms with van der Waals surface area (Å²) in [4.78, 5) is 27.3. The van der Waals surface area contributed by atoms with E-state index in [0.29, 0.717) is 28.7 Å². The topological polar surface area (TPSA) is 67.6 Å². The molecule has 27 heavy (non-hydrogen) atoms. The van der Waals surface area contributed by atoms with E-state index in [1.54, 1.807) is 24.3 Å². The number of carbonyl (C=O) groups excluding carboxylic acids is 2. The molecule has 138 valence electrons. The molecule has 3 heterocycles. The third kappa shape index (κ3) is 3.70. The molecule has 8 heteroatoms. The highest BCUT2D eigenvalue weighted by Crippen LogP contribution is 2.30. The second-order valence-electron chi connectivity index (χ2n) is 6.32. The van der Waals surface area contributed by atoms with Crippen molar-refractivity contribution in [3.8, 4) is 0 Å². The largest absolute Gasteiger partial charge is 0.278 e. The molecule has 1 aromatic carbocycles. The summed E-state index contributed by atoms with van der Waals surface area (Å²) in [5.41, 5.74) is 1.20. The highest BCUT2D eigenvalue weighted by atomic mass is 35.5. The summed E-state index contributed by atoms with van der Waals surface area (Å²) in [6.45, 7) is 0.429. The number of aromatic nitrogens is 3. The average Bonchev–Trinajstić information content (AvgIpc) is 3.00. The summed E-state index contributed by atoms with van der Waals surface area (Å²) in [5.74, 6) is -0.458. The van der Waals surface area contributed by atoms with Crippen molar-refractivity contribution in [1.82, 2.24) is 19.5 Å². The Balaban J connectivity index is 1.57. The van der Waals surface area contributed by atoms with Crippen LogP contribution in [0.3, 0.4) is 0 Å². The molecule has 0 radical (unpaired) electrons. The molecular formula is C19H17ClN4O2S. The first-order valence-electron chi connectivity index (χ1n) is 8.71. The van der Waals surface area contributed by atoms with Crippen molar-refractivity contribution >= 4 is 40.8 Å². The molecule has 1 atom stereocenters. The summed E-state index contributed by atoms with van der Waals surface area (Å²) < 4.78 is 1.86. The molecule has 1 fully saturated rings. The van der Waals surface area contributed by atoms with Crippen molar-refractivity contribution < 1.29 is 9.59 Å². The first-order chi connectivity index (χ1) is 13.1. The zero-order valence-corrected chi connectivity index (χ0v) is 16.0. The minimum Gasteiger partial charge on any atom is -0.278 e. The highest BCUT2D eigenvalue weighted by molar-refractivity contribution is 8.00. The molecule has 1 unspecified atom stereocenters. The number of thioether (sulfide) groups is 1. The standard InChI is InChI=1S/C19H17ClN4O2S/c20-14-9-7-13(8-10-14)17(25)24-12-3-1-5-15(18(24)26)27-19-22-21-16-6-2-4-11-23(16)19/h2,4,6-11,15H,1,3,5,12H2. The van der Waals surface area contributed by atoms with Crippen molar-refractivity contribution in [2.45, 2.75) is 29.7 Å². The SMILES string of the molecule is O=C(c1ccc(Cl)cc1)N1CCCCC(Sc2nnc3ccccn23)C1=O. The number of amides is 2. The van der Waals surface area contributed by atoms with Crippen LogP contribution in [0.2, 0.25) is 5.02 Å². The maximum Gasteiger partial charge on any atom is 0.260 e. The number of rotatable bonds is 3. The van der Waals surface area contributed by atoms with Crippen LogP contribution in [0.5, 0.6) is 0 Å². The molecular weight excluding hydrogens is 384 g/mol. The lowest BCUT2D eigenvalue weighted by molar-refractivity contribution is -0.127. The van der Waals surface area contributed by atoms with Crippen LogP contribution in [0.1, 0.15) is 29.6 Å². The Hall–Kier alpha value is -2.38. The van der Waals surface area contributed by atoms with Gasteiger partial charge in [0.2, 0.25) is 5.91 Å². The molecule has 3 aromatic rings. The Bertz CT molecular complexity index is 989. The monoisotopic (exact) mass is 400 g/mol. The Labute approximate surface area is 165 Å². The summed E-state index contributed by atoms with van der Waals surface area (Å²) >= 11 is 7.26. The van der Waals surface area contributed by atoms with Gasteiger partial charge in [-0.15, -0.1) is 10.2 Å². The number of halogens is 1. The van der Waals surface area contributed by atoms with Crippen molar-refractivity contribution in [3.05, 3.63) is 59.2 Å². The van der Waals surface area contributed by atoms with Crippen molar-refractivity contribution in [2.24, 2.45) is 0 Å². The van der Waals surface area contributed by atoms with Gasteiger partial charge in [0.1, 0.15) is 0 Å². The Morgan fingerprint density at radius 3 is 2.74 bits per heavy atom. The zero-order chi connectivity index (χ0) is 18.8. The fourth-order valence-corrected chi connectivity index (χ4v) is 4.34. The van der Waals surface area contributed by atoms with Gasteiger partial charge in [0, 0.05) is 23.3 Å². The van der Waals surface area contributed by atoms with Crippen LogP contribution >= 0.6 is 23.4 Å². The van der Waals surface area contributed by atoms with E-state index in [0.717, 1.165) is 18.5 Å². The number of benzene rings is 1. The molecule has 0 aliphatic carbocycles. The van der Waals surface area contributed by atoms with Gasteiger partial charge in [0.25, 0.3) is 5.91 Å². The van der Waals surface area contributed by atoms with Crippen LogP contribution < -0.4 is 0 Å². The van der Waals surface area contributed by atoms with Gasteiger partial charge < -0.3 is 0 Å². The third-order valence-corrected chi connectivity index (χ3v) is 5.97. The summed E-state index contributed by atoms with van der Waals surface area (Å²) in [5, 5.41) is 9.18. The van der Waals surface area contributed by atoms with Crippen molar-refractivity contribution in [3.63, 3.8) is 0 Å². The Morgan fingerprint density at radius 2 is 1.93 bits per heavy atom. The molecule has 0 saturated carbocycles. The molecule has 6 nitrogen and oxygen atoms in total. The fourth-order valence-electron chi connectivity index (χ4n) is 3.09. The average molecular weight is 401 g/mol. The number of likely N-dealkylation sites (tertiary alicyclic amines) is 1. The smallest absolute Gasteiger partial charge is 0.260 e. The fraction of sp³-hybridized carbons (Fsp3) is 0.263. The van der Waals surface area contributed by atoms with Crippen LogP contribution in [-0.2, 0) is 4.79 Å². The normalized spacial score (nSPS) is 17.9. The minimum atomic E-state index is -0.364. The van der Waals surface area contributed by atoms with Crippen molar-refractivity contribution in [1.29, 1.82) is 0 Å². The Morgan fingerprint density at radius 1 is 1.11 bits per heavy atom. The summed E-state index contributed by atoms with van der Waals surface area (Å²) in [6, 6.07) is 12.3. The van der Waals surface area contributed by atoms with E-state index in [-0.39, 0.29) is 17.1 Å². The van der Waals surface area contributed by atoms with Gasteiger partial charge in [0.15, 0.2) is 10.8 Å². The number of pyridine rings is 1. The van der Waals surface area contributed by atoms with Gasteiger partial charge in [-0.25, -0.2) is 0 Å². The van der Waals surface area contributed by atoms with Gasteiger partial charge in [-0.2, -0.15) is 0 Å². The third-order valence-electron chi connectivity index (χ3n) is 4.51. The van der Waals surface area contributed by atoms with Gasteiger partial charge in [0.05, 0.1) is 5.25 Å². The van der Waals surface area contributed by atoms with Gasteiger partial charge in [-0.3, -0.25) is 18.9 Å². The molecule has 0 spiro atoms. The van der Waals surface area contributed by atoms with Crippen LogP contribution in [0.4, 0.5) is 0 Å². The van der Waals surface area contributed by atoms with Crippen LogP contribution in [0, 0.1) is 0 Å². The molecule has 1 aliphatic rings. The second-order valence-corrected chi connectivity index (χ2v) is 7.92. The zero-order valence-electron chi connectivity index (χ0n) is 14.4. The Kier molecular flexibility index (Phi) is 5.13. The van der Waals surface area contributed by atoms with Gasteiger partial charge in [-0.05, 0) is 49.2 Å². The molecule has 2 amide bonds. The predicted octanol–water partition coefficient (Wildman–Crippen LogP) is 3.70. The lowest BCUT2D eigenvalue weighted by atomic mass is 10.2. The number of hydrogen-bond donors (Lipinski definition) is 0. The number of hydrogen-bond acceptors (Lipinski definition) is 5. The van der Waals surface area contributed by atoms with E-state index in [1.165, 1.54) is 16.7 Å². The van der Waals surface area contributed by atoms with Crippen LogP contribution in [-0.4, -0.2) is 43.1 Å². The van der Waals surface area contributed by atoms with E-state index in [1.807, 2.05) is 28.8 Å². The lowest BCUT2D eigenvalue weighted by Gasteiger charge is -2.22. The molecule has 0 bridgehead atoms. The number of nitrogens with zero attached hydrogens (tertiary/aromatic N) is 4. The summed E-state index contributed by atoms with van der Waals surface area (Å²) in [6.07, 6.45) is 4.25. The van der Waals surface area contributed by atoms with E-state index in [4.69, 9.17) is 11.6 Å². The number of fused-ring (bicyclic) bond motifs is 1. The van der Waals surface area contributed by atoms with Crippen LogP contribution in [0.25, 0.3) is 5.65 Å². The first kappa shape index (κ1) is 18.0. The van der Waals surface area contributed by atoms with E-state index < -0.39 is 0 Å². The molecule has 0 N–H and O–H groups in total. The maximum absolute atomic E-state index is 13.1. The van der Waals surface area contributed by atoms with Crippen LogP contribution in [0.15, 0.2) is 53.8 Å². The second kappa shape index (κ2) is 7.70. The quantitative estimate of drug-likeness (QED) is 0.627. The molecule has 4 rings (SSSR count). The van der Waals surface area contributed by atoms with E-state index in [9.17, 15) is 9.59 Å². The molecule has 2 aromatic heterocycles. The maximum atomic E-state index is 13.1. The number of carbonyl (C=O) groups is 2. The van der Waals surface area contributed by atoms with Gasteiger partial charge in [-0.1, -0.05) is 35.9 Å². The lowest BCUT2D eigenvalue weighted by Crippen LogP contribution is -2.41. The minimum absolute atomic E-state index is 0.176. The van der Waals surface area contributed by atoms with E-state index >= 15 is 0 Å². The molecule has 1 aliphatic heterocycles. The molecule has 1 saturated heterocycles. The van der Waals surface area contributed by atoms with E-state index in [2.05, 4.69) is 10.2 Å². The predicted molar refractivity (Wildman–Crippen MR) is 104 cm³/mol. The first-order valence-corrected chi connectivity index (χ1v) is 9.97. The number of imide groups is 1. The van der Waals surface area contributed by atoms with Crippen molar-refractivity contribution in [2.75, 3.05) is 6.54 Å². The highest BCUT2D eigenvalue weighted by Gasteiger charge is 2.33. The van der Waals surface area contributed by atoms with Gasteiger partial charge >= 0.3 is 0 Å². The summed E-state index contributed by atoms with van der Waals surface area (Å²) in [7, 11) is 0.